The second kappa shape index (κ2) is 7.58. The van der Waals surface area contributed by atoms with Gasteiger partial charge in [0.2, 0.25) is 5.91 Å². The van der Waals surface area contributed by atoms with Crippen LogP contribution >= 0.6 is 11.3 Å². The number of hydrogen-bond acceptors (Lipinski definition) is 4. The molecule has 2 aromatic rings. The number of thiophene rings is 1. The van der Waals surface area contributed by atoms with Crippen molar-refractivity contribution in [2.24, 2.45) is 5.92 Å². The minimum Gasteiger partial charge on any atom is -0.338 e. The molecule has 0 saturated carbocycles. The Morgan fingerprint density at radius 2 is 1.96 bits per heavy atom. The lowest BCUT2D eigenvalue weighted by Crippen LogP contribution is -2.47. The number of pyridine rings is 1. The average molecular weight is 369 g/mol. The van der Waals surface area contributed by atoms with Crippen LogP contribution in [-0.4, -0.2) is 52.3 Å². The summed E-state index contributed by atoms with van der Waals surface area (Å²) in [4.78, 5) is 34.8. The van der Waals surface area contributed by atoms with Crippen LogP contribution in [0.4, 0.5) is 0 Å². The van der Waals surface area contributed by atoms with Crippen molar-refractivity contribution < 1.29 is 9.59 Å². The molecule has 136 valence electrons. The predicted molar refractivity (Wildman–Crippen MR) is 101 cm³/mol. The van der Waals surface area contributed by atoms with E-state index in [9.17, 15) is 9.59 Å². The van der Waals surface area contributed by atoms with Crippen molar-refractivity contribution in [1.82, 2.24) is 14.8 Å². The van der Waals surface area contributed by atoms with E-state index in [1.807, 2.05) is 15.9 Å². The summed E-state index contributed by atoms with van der Waals surface area (Å²) in [7, 11) is 0. The fourth-order valence-electron chi connectivity index (χ4n) is 4.06. The number of fused-ring (bicyclic) bond motifs is 4. The van der Waals surface area contributed by atoms with E-state index in [4.69, 9.17) is 0 Å². The van der Waals surface area contributed by atoms with Crippen molar-refractivity contribution in [3.05, 3.63) is 52.5 Å². The first-order valence-electron chi connectivity index (χ1n) is 9.22. The molecule has 2 atom stereocenters. The summed E-state index contributed by atoms with van der Waals surface area (Å²) in [6.45, 7) is 2.17. The number of piperidine rings is 1. The van der Waals surface area contributed by atoms with Gasteiger partial charge in [0, 0.05) is 54.9 Å². The maximum absolute atomic E-state index is 12.8. The maximum atomic E-state index is 12.8. The molecule has 0 spiro atoms. The van der Waals surface area contributed by atoms with E-state index in [0.717, 1.165) is 32.4 Å². The van der Waals surface area contributed by atoms with Gasteiger partial charge < -0.3 is 9.80 Å². The van der Waals surface area contributed by atoms with E-state index >= 15 is 0 Å². The van der Waals surface area contributed by atoms with Gasteiger partial charge in [-0.1, -0.05) is 6.07 Å². The highest BCUT2D eigenvalue weighted by molar-refractivity contribution is 7.09. The van der Waals surface area contributed by atoms with Crippen molar-refractivity contribution in [3.8, 4) is 0 Å². The Morgan fingerprint density at radius 3 is 2.73 bits per heavy atom. The molecule has 3 fully saturated rings. The summed E-state index contributed by atoms with van der Waals surface area (Å²) in [5, 5.41) is 2.05. The molecule has 5 heterocycles. The van der Waals surface area contributed by atoms with Crippen LogP contribution in [0.3, 0.4) is 0 Å². The monoisotopic (exact) mass is 369 g/mol. The van der Waals surface area contributed by atoms with E-state index in [2.05, 4.69) is 16.4 Å². The highest BCUT2D eigenvalue weighted by Gasteiger charge is 2.38. The van der Waals surface area contributed by atoms with Crippen LogP contribution in [0.15, 0.2) is 42.0 Å². The summed E-state index contributed by atoms with van der Waals surface area (Å²) in [5.74, 6) is 0.661. The highest BCUT2D eigenvalue weighted by Crippen LogP contribution is 2.29. The number of aryl methyl sites for hydroxylation is 1. The highest BCUT2D eigenvalue weighted by atomic mass is 32.1. The largest absolute Gasteiger partial charge is 0.338 e. The van der Waals surface area contributed by atoms with Gasteiger partial charge in [0.1, 0.15) is 0 Å². The van der Waals surface area contributed by atoms with Gasteiger partial charge in [-0.25, -0.2) is 0 Å². The van der Waals surface area contributed by atoms with Gasteiger partial charge in [-0.2, -0.15) is 0 Å². The molecular weight excluding hydrogens is 346 g/mol. The molecule has 3 aliphatic rings. The topological polar surface area (TPSA) is 53.5 Å². The average Bonchev–Trinajstić information content (AvgIpc) is 3.04. The third kappa shape index (κ3) is 3.65. The first kappa shape index (κ1) is 17.2. The molecule has 2 aromatic heterocycles. The van der Waals surface area contributed by atoms with Crippen LogP contribution in [0.5, 0.6) is 0 Å². The second-order valence-electron chi connectivity index (χ2n) is 7.17. The predicted octanol–water partition coefficient (Wildman–Crippen LogP) is 2.84. The number of amides is 2. The number of rotatable bonds is 4. The first-order chi connectivity index (χ1) is 12.7. The number of aromatic nitrogens is 1. The fourth-order valence-corrected chi connectivity index (χ4v) is 4.77. The first-order valence-corrected chi connectivity index (χ1v) is 10.1. The number of hydrogen-bond donors (Lipinski definition) is 0. The smallest absolute Gasteiger partial charge is 0.254 e. The van der Waals surface area contributed by atoms with Crippen LogP contribution in [0.2, 0.25) is 0 Å². The van der Waals surface area contributed by atoms with Crippen molar-refractivity contribution in [2.45, 2.75) is 31.7 Å². The quantitative estimate of drug-likeness (QED) is 0.833. The van der Waals surface area contributed by atoms with Crippen LogP contribution in [0.1, 0.15) is 34.5 Å². The zero-order chi connectivity index (χ0) is 17.9. The minimum absolute atomic E-state index is 0.0529. The van der Waals surface area contributed by atoms with E-state index in [1.54, 1.807) is 35.9 Å². The lowest BCUT2D eigenvalue weighted by molar-refractivity contribution is -0.135. The van der Waals surface area contributed by atoms with Crippen LogP contribution in [-0.2, 0) is 11.2 Å². The Hall–Kier alpha value is -2.21. The fraction of sp³-hybridized carbons (Fsp3) is 0.450. The van der Waals surface area contributed by atoms with Crippen LogP contribution < -0.4 is 0 Å². The van der Waals surface area contributed by atoms with Crippen molar-refractivity contribution in [3.63, 3.8) is 0 Å². The van der Waals surface area contributed by atoms with Crippen molar-refractivity contribution in [1.29, 1.82) is 0 Å². The number of carbonyl (C=O) groups excluding carboxylic acids is 2. The summed E-state index contributed by atoms with van der Waals surface area (Å²) in [6.07, 6.45) is 6.77. The molecule has 0 unspecified atom stereocenters. The molecule has 0 N–H and O–H groups in total. The lowest BCUT2D eigenvalue weighted by atomic mass is 9.94. The van der Waals surface area contributed by atoms with Gasteiger partial charge >= 0.3 is 0 Å². The van der Waals surface area contributed by atoms with E-state index in [-0.39, 0.29) is 17.9 Å². The molecule has 5 rings (SSSR count). The maximum Gasteiger partial charge on any atom is 0.254 e. The molecule has 2 bridgehead atoms. The van der Waals surface area contributed by atoms with Crippen LogP contribution in [0, 0.1) is 5.92 Å². The van der Waals surface area contributed by atoms with Gasteiger partial charge in [-0.15, -0.1) is 11.3 Å². The summed E-state index contributed by atoms with van der Waals surface area (Å²) in [5.41, 5.74) is 0.678. The zero-order valence-electron chi connectivity index (χ0n) is 14.7. The lowest BCUT2D eigenvalue weighted by Gasteiger charge is -2.36. The SMILES string of the molecule is O=C(c1ccncc1)N1C[C@H]2CC[C@@H](C1)N(C(=O)CCc1cccs1)C2. The Morgan fingerprint density at radius 1 is 1.12 bits per heavy atom. The van der Waals surface area contributed by atoms with Gasteiger partial charge in [0.05, 0.1) is 0 Å². The molecule has 2 amide bonds. The number of carbonyl (C=O) groups is 2. The standard InChI is InChI=1S/C20H23N3O2S/c24-19(6-5-18-2-1-11-26-18)23-13-15-3-4-17(23)14-22(12-15)20(25)16-7-9-21-10-8-16/h1-2,7-11,15,17H,3-6,12-14H2/t15-,17+/m1/s1. The molecule has 3 saturated heterocycles. The van der Waals surface area contributed by atoms with Gasteiger partial charge in [0.15, 0.2) is 0 Å². The van der Waals surface area contributed by atoms with E-state index in [0.29, 0.717) is 24.4 Å². The Kier molecular flexibility index (Phi) is 5.02. The summed E-state index contributed by atoms with van der Waals surface area (Å²) < 4.78 is 0. The van der Waals surface area contributed by atoms with Crippen molar-refractivity contribution in [2.75, 3.05) is 19.6 Å². The van der Waals surface area contributed by atoms with E-state index in [1.165, 1.54) is 4.88 Å². The Balaban J connectivity index is 1.43. The van der Waals surface area contributed by atoms with Gasteiger partial charge in [-0.05, 0) is 48.8 Å². The summed E-state index contributed by atoms with van der Waals surface area (Å²) >= 11 is 1.70. The molecule has 6 heteroatoms. The molecule has 5 nitrogen and oxygen atoms in total. The van der Waals surface area contributed by atoms with Gasteiger partial charge in [0.25, 0.3) is 5.91 Å². The molecule has 0 radical (unpaired) electrons. The number of nitrogens with zero attached hydrogens (tertiary/aromatic N) is 3. The minimum atomic E-state index is 0.0529. The second-order valence-corrected chi connectivity index (χ2v) is 8.20. The van der Waals surface area contributed by atoms with Gasteiger partial charge in [-0.3, -0.25) is 14.6 Å². The van der Waals surface area contributed by atoms with E-state index < -0.39 is 0 Å². The Labute approximate surface area is 157 Å². The normalized spacial score (nSPS) is 22.3. The molecule has 3 aliphatic heterocycles. The molecule has 0 aromatic carbocycles. The zero-order valence-corrected chi connectivity index (χ0v) is 15.5. The molecular formula is C20H23N3O2S. The van der Waals surface area contributed by atoms with Crippen LogP contribution in [0.25, 0.3) is 0 Å². The third-order valence-corrected chi connectivity index (χ3v) is 6.35. The molecule has 26 heavy (non-hydrogen) atoms. The summed E-state index contributed by atoms with van der Waals surface area (Å²) in [6, 6.07) is 7.79. The third-order valence-electron chi connectivity index (χ3n) is 5.41. The Bertz CT molecular complexity index is 763. The molecule has 0 aliphatic carbocycles. The van der Waals surface area contributed by atoms with Crippen molar-refractivity contribution >= 4 is 23.2 Å².